The van der Waals surface area contributed by atoms with Crippen LogP contribution in [0.15, 0.2) is 63.8 Å². The fourth-order valence-corrected chi connectivity index (χ4v) is 4.09. The summed E-state index contributed by atoms with van der Waals surface area (Å²) in [6.45, 7) is 0.774. The summed E-state index contributed by atoms with van der Waals surface area (Å²) in [5, 5.41) is 12.6. The summed E-state index contributed by atoms with van der Waals surface area (Å²) in [4.78, 5) is 1.29. The standard InChI is InChI=1S/C17H17N3S3/c1-21-15-9-7-14(8-10-15)12-22-17-20-19-16(23-17)18-11-13-5-3-2-4-6-13/h2-10H,11-12H2,1H3,(H,18,19). The smallest absolute Gasteiger partial charge is 0.206 e. The van der Waals surface area contributed by atoms with Gasteiger partial charge in [-0.2, -0.15) is 0 Å². The van der Waals surface area contributed by atoms with Gasteiger partial charge in [0.05, 0.1) is 0 Å². The highest BCUT2D eigenvalue weighted by molar-refractivity contribution is 8.00. The van der Waals surface area contributed by atoms with Crippen molar-refractivity contribution >= 4 is 40.0 Å². The van der Waals surface area contributed by atoms with Gasteiger partial charge < -0.3 is 5.32 Å². The minimum Gasteiger partial charge on any atom is -0.356 e. The minimum atomic E-state index is 0.774. The summed E-state index contributed by atoms with van der Waals surface area (Å²) >= 11 is 5.10. The van der Waals surface area contributed by atoms with E-state index < -0.39 is 0 Å². The fraction of sp³-hybridized carbons (Fsp3) is 0.176. The molecule has 0 radical (unpaired) electrons. The molecule has 2 aromatic carbocycles. The number of thioether (sulfide) groups is 2. The van der Waals surface area contributed by atoms with Gasteiger partial charge in [-0.05, 0) is 29.5 Å². The van der Waals surface area contributed by atoms with E-state index >= 15 is 0 Å². The van der Waals surface area contributed by atoms with Gasteiger partial charge in [-0.1, -0.05) is 65.6 Å². The summed E-state index contributed by atoms with van der Waals surface area (Å²) in [5.41, 5.74) is 2.55. The van der Waals surface area contributed by atoms with Crippen molar-refractivity contribution in [2.45, 2.75) is 21.5 Å². The van der Waals surface area contributed by atoms with Crippen molar-refractivity contribution in [2.75, 3.05) is 11.6 Å². The molecule has 3 aromatic rings. The molecule has 1 N–H and O–H groups in total. The number of anilines is 1. The van der Waals surface area contributed by atoms with Crippen LogP contribution in [-0.4, -0.2) is 16.5 Å². The summed E-state index contributed by atoms with van der Waals surface area (Å²) in [7, 11) is 0. The molecule has 0 fully saturated rings. The molecule has 1 heterocycles. The zero-order chi connectivity index (χ0) is 15.9. The molecule has 23 heavy (non-hydrogen) atoms. The Bertz CT molecular complexity index is 726. The van der Waals surface area contributed by atoms with Crippen LogP contribution in [0.2, 0.25) is 0 Å². The molecule has 0 saturated carbocycles. The molecule has 0 amide bonds. The third-order valence-electron chi connectivity index (χ3n) is 3.21. The summed E-state index contributed by atoms with van der Waals surface area (Å²) in [6, 6.07) is 19.0. The SMILES string of the molecule is CSc1ccc(CSc2nnc(NCc3ccccc3)s2)cc1. The van der Waals surface area contributed by atoms with Crippen LogP contribution in [-0.2, 0) is 12.3 Å². The molecule has 0 aliphatic carbocycles. The van der Waals surface area contributed by atoms with Crippen molar-refractivity contribution in [3.63, 3.8) is 0 Å². The average molecular weight is 360 g/mol. The number of hydrogen-bond acceptors (Lipinski definition) is 6. The third kappa shape index (κ3) is 4.99. The van der Waals surface area contributed by atoms with E-state index in [2.05, 4.69) is 58.2 Å². The van der Waals surface area contributed by atoms with E-state index in [4.69, 9.17) is 0 Å². The van der Waals surface area contributed by atoms with Crippen LogP contribution in [0.25, 0.3) is 0 Å². The Hall–Kier alpha value is -1.50. The first-order valence-corrected chi connectivity index (χ1v) is 10.2. The molecule has 0 spiro atoms. The van der Waals surface area contributed by atoms with Crippen molar-refractivity contribution in [2.24, 2.45) is 0 Å². The first-order valence-electron chi connectivity index (χ1n) is 7.20. The Morgan fingerprint density at radius 1 is 0.957 bits per heavy atom. The Labute approximate surface area is 148 Å². The van der Waals surface area contributed by atoms with Crippen LogP contribution in [0.3, 0.4) is 0 Å². The second-order valence-corrected chi connectivity index (χ2v) is 7.93. The average Bonchev–Trinajstić information content (AvgIpc) is 3.07. The van der Waals surface area contributed by atoms with Crippen molar-refractivity contribution in [3.05, 3.63) is 65.7 Å². The highest BCUT2D eigenvalue weighted by Crippen LogP contribution is 2.29. The van der Waals surface area contributed by atoms with Crippen LogP contribution < -0.4 is 5.32 Å². The Balaban J connectivity index is 1.50. The number of nitrogens with one attached hydrogen (secondary N) is 1. The maximum absolute atomic E-state index is 4.24. The van der Waals surface area contributed by atoms with Gasteiger partial charge in [0, 0.05) is 17.2 Å². The Morgan fingerprint density at radius 2 is 1.74 bits per heavy atom. The molecular weight excluding hydrogens is 342 g/mol. The Morgan fingerprint density at radius 3 is 2.48 bits per heavy atom. The molecule has 0 unspecified atom stereocenters. The van der Waals surface area contributed by atoms with Gasteiger partial charge in [-0.3, -0.25) is 0 Å². The molecule has 0 bridgehead atoms. The zero-order valence-electron chi connectivity index (χ0n) is 12.7. The molecule has 0 aliphatic heterocycles. The highest BCUT2D eigenvalue weighted by Gasteiger charge is 2.05. The van der Waals surface area contributed by atoms with E-state index in [0.29, 0.717) is 0 Å². The topological polar surface area (TPSA) is 37.8 Å². The number of hydrogen-bond donors (Lipinski definition) is 1. The van der Waals surface area contributed by atoms with Crippen LogP contribution in [0.5, 0.6) is 0 Å². The van der Waals surface area contributed by atoms with E-state index in [1.165, 1.54) is 16.0 Å². The van der Waals surface area contributed by atoms with Gasteiger partial charge in [0.15, 0.2) is 4.34 Å². The van der Waals surface area contributed by atoms with Crippen molar-refractivity contribution < 1.29 is 0 Å². The molecule has 118 valence electrons. The monoisotopic (exact) mass is 359 g/mol. The van der Waals surface area contributed by atoms with Gasteiger partial charge in [0.1, 0.15) is 0 Å². The lowest BCUT2D eigenvalue weighted by Gasteiger charge is -2.01. The van der Waals surface area contributed by atoms with Gasteiger partial charge in [-0.25, -0.2) is 0 Å². The third-order valence-corrected chi connectivity index (χ3v) is 6.04. The number of benzene rings is 2. The first-order chi connectivity index (χ1) is 11.3. The number of rotatable bonds is 7. The molecule has 1 aromatic heterocycles. The lowest BCUT2D eigenvalue weighted by molar-refractivity contribution is 0.995. The van der Waals surface area contributed by atoms with Gasteiger partial charge in [0.2, 0.25) is 5.13 Å². The van der Waals surface area contributed by atoms with Crippen molar-refractivity contribution in [1.82, 2.24) is 10.2 Å². The molecule has 3 rings (SSSR count). The lowest BCUT2D eigenvalue weighted by Crippen LogP contribution is -1.98. The number of aromatic nitrogens is 2. The summed E-state index contributed by atoms with van der Waals surface area (Å²) in [6.07, 6.45) is 2.09. The molecular formula is C17H17N3S3. The predicted octanol–water partition coefficient (Wildman–Crippen LogP) is 5.16. The maximum atomic E-state index is 4.24. The van der Waals surface area contributed by atoms with Crippen LogP contribution in [0.1, 0.15) is 11.1 Å². The summed E-state index contributed by atoms with van der Waals surface area (Å²) in [5.74, 6) is 0.919. The molecule has 0 saturated heterocycles. The Kier molecular flexibility index (Phi) is 5.96. The van der Waals surface area contributed by atoms with Crippen molar-refractivity contribution in [3.8, 4) is 0 Å². The fourth-order valence-electron chi connectivity index (χ4n) is 1.98. The minimum absolute atomic E-state index is 0.774. The van der Waals surface area contributed by atoms with Gasteiger partial charge in [0.25, 0.3) is 0 Å². The van der Waals surface area contributed by atoms with Crippen LogP contribution in [0, 0.1) is 0 Å². The highest BCUT2D eigenvalue weighted by atomic mass is 32.2. The lowest BCUT2D eigenvalue weighted by atomic mass is 10.2. The first kappa shape index (κ1) is 16.4. The second kappa shape index (κ2) is 8.38. The predicted molar refractivity (Wildman–Crippen MR) is 101 cm³/mol. The van der Waals surface area contributed by atoms with Gasteiger partial charge >= 0.3 is 0 Å². The molecule has 0 aliphatic rings. The van der Waals surface area contributed by atoms with E-state index in [0.717, 1.165) is 21.8 Å². The van der Waals surface area contributed by atoms with E-state index in [-0.39, 0.29) is 0 Å². The quantitative estimate of drug-likeness (QED) is 0.590. The second-order valence-electron chi connectivity index (χ2n) is 4.85. The largest absolute Gasteiger partial charge is 0.356 e. The van der Waals surface area contributed by atoms with E-state index in [1.807, 2.05) is 18.2 Å². The zero-order valence-corrected chi connectivity index (χ0v) is 15.2. The number of nitrogens with zero attached hydrogens (tertiary/aromatic N) is 2. The van der Waals surface area contributed by atoms with Gasteiger partial charge in [-0.15, -0.1) is 22.0 Å². The van der Waals surface area contributed by atoms with E-state index in [9.17, 15) is 0 Å². The molecule has 0 atom stereocenters. The van der Waals surface area contributed by atoms with E-state index in [1.54, 1.807) is 34.9 Å². The summed E-state index contributed by atoms with van der Waals surface area (Å²) < 4.78 is 0.995. The molecule has 6 heteroatoms. The molecule has 3 nitrogen and oxygen atoms in total. The van der Waals surface area contributed by atoms with Crippen LogP contribution >= 0.6 is 34.9 Å². The normalized spacial score (nSPS) is 10.7. The van der Waals surface area contributed by atoms with Crippen molar-refractivity contribution in [1.29, 1.82) is 0 Å². The van der Waals surface area contributed by atoms with Crippen LogP contribution in [0.4, 0.5) is 5.13 Å². The maximum Gasteiger partial charge on any atom is 0.206 e.